The number of piperazine rings is 1. The minimum absolute atomic E-state index is 0.0116. The SMILES string of the molecule is CCN1CCN(C(=O)c2ncn3c2COc2ccccc2-3)CC1. The van der Waals surface area contributed by atoms with E-state index in [9.17, 15) is 4.79 Å². The molecule has 0 radical (unpaired) electrons. The van der Waals surface area contributed by atoms with Crippen molar-refractivity contribution in [2.24, 2.45) is 0 Å². The summed E-state index contributed by atoms with van der Waals surface area (Å²) < 4.78 is 7.75. The van der Waals surface area contributed by atoms with Crippen molar-refractivity contribution in [2.45, 2.75) is 13.5 Å². The van der Waals surface area contributed by atoms with E-state index in [1.165, 1.54) is 0 Å². The highest BCUT2D eigenvalue weighted by atomic mass is 16.5. The molecule has 1 aromatic carbocycles. The summed E-state index contributed by atoms with van der Waals surface area (Å²) >= 11 is 0. The molecule has 1 amide bonds. The number of imidazole rings is 1. The number of benzene rings is 1. The van der Waals surface area contributed by atoms with Crippen molar-refractivity contribution in [1.29, 1.82) is 0 Å². The molecule has 0 spiro atoms. The highest BCUT2D eigenvalue weighted by Crippen LogP contribution is 2.30. The molecule has 3 heterocycles. The Balaban J connectivity index is 1.60. The van der Waals surface area contributed by atoms with Crippen LogP contribution >= 0.6 is 0 Å². The van der Waals surface area contributed by atoms with E-state index in [0.717, 1.165) is 49.9 Å². The van der Waals surface area contributed by atoms with Crippen LogP contribution in [0.15, 0.2) is 30.6 Å². The fourth-order valence-electron chi connectivity index (χ4n) is 3.24. The lowest BCUT2D eigenvalue weighted by molar-refractivity contribution is 0.0635. The summed E-state index contributed by atoms with van der Waals surface area (Å²) in [5.41, 5.74) is 2.30. The van der Waals surface area contributed by atoms with E-state index in [2.05, 4.69) is 16.8 Å². The Bertz CT molecular complexity index is 732. The Morgan fingerprint density at radius 3 is 2.78 bits per heavy atom. The van der Waals surface area contributed by atoms with Gasteiger partial charge in [0.15, 0.2) is 5.69 Å². The molecule has 1 saturated heterocycles. The largest absolute Gasteiger partial charge is 0.485 e. The smallest absolute Gasteiger partial charge is 0.274 e. The molecule has 2 aliphatic rings. The molecule has 6 nitrogen and oxygen atoms in total. The van der Waals surface area contributed by atoms with Crippen LogP contribution < -0.4 is 4.74 Å². The molecule has 6 heteroatoms. The fourth-order valence-corrected chi connectivity index (χ4v) is 3.24. The molecular weight excluding hydrogens is 292 g/mol. The molecule has 1 aromatic heterocycles. The van der Waals surface area contributed by atoms with Crippen molar-refractivity contribution in [3.63, 3.8) is 0 Å². The van der Waals surface area contributed by atoms with Crippen molar-refractivity contribution in [1.82, 2.24) is 19.4 Å². The average molecular weight is 312 g/mol. The Morgan fingerprint density at radius 2 is 2.00 bits per heavy atom. The summed E-state index contributed by atoms with van der Waals surface area (Å²) in [5.74, 6) is 0.838. The van der Waals surface area contributed by atoms with Crippen LogP contribution in [0, 0.1) is 0 Å². The second-order valence-corrected chi connectivity index (χ2v) is 5.89. The van der Waals surface area contributed by atoms with Crippen LogP contribution in [-0.4, -0.2) is 58.0 Å². The first kappa shape index (κ1) is 14.3. The topological polar surface area (TPSA) is 50.6 Å². The molecule has 0 saturated carbocycles. The van der Waals surface area contributed by atoms with Crippen molar-refractivity contribution in [3.05, 3.63) is 42.0 Å². The molecular formula is C17H20N4O2. The Hall–Kier alpha value is -2.34. The maximum atomic E-state index is 12.8. The molecule has 2 aliphatic heterocycles. The summed E-state index contributed by atoms with van der Waals surface area (Å²) in [4.78, 5) is 21.5. The Labute approximate surface area is 135 Å². The van der Waals surface area contributed by atoms with Gasteiger partial charge in [-0.15, -0.1) is 0 Å². The first-order valence-electron chi connectivity index (χ1n) is 8.08. The second kappa shape index (κ2) is 5.70. The number of para-hydroxylation sites is 2. The molecule has 0 aliphatic carbocycles. The summed E-state index contributed by atoms with van der Waals surface area (Å²) in [7, 11) is 0. The van der Waals surface area contributed by atoms with Gasteiger partial charge in [-0.3, -0.25) is 9.36 Å². The maximum Gasteiger partial charge on any atom is 0.274 e. The minimum Gasteiger partial charge on any atom is -0.485 e. The van der Waals surface area contributed by atoms with Gasteiger partial charge in [-0.25, -0.2) is 4.98 Å². The van der Waals surface area contributed by atoms with E-state index in [4.69, 9.17) is 4.74 Å². The Kier molecular flexibility index (Phi) is 3.53. The van der Waals surface area contributed by atoms with Crippen LogP contribution in [0.1, 0.15) is 23.1 Å². The third-order valence-electron chi connectivity index (χ3n) is 4.66. The molecule has 120 valence electrons. The van der Waals surface area contributed by atoms with Crippen molar-refractivity contribution in [3.8, 4) is 11.4 Å². The zero-order valence-electron chi connectivity index (χ0n) is 13.2. The fraction of sp³-hybridized carbons (Fsp3) is 0.412. The van der Waals surface area contributed by atoms with Gasteiger partial charge in [0, 0.05) is 26.2 Å². The molecule has 2 aromatic rings. The molecule has 4 rings (SSSR count). The van der Waals surface area contributed by atoms with E-state index in [-0.39, 0.29) is 5.91 Å². The number of fused-ring (bicyclic) bond motifs is 3. The molecule has 0 bridgehead atoms. The van der Waals surface area contributed by atoms with E-state index in [1.807, 2.05) is 33.7 Å². The van der Waals surface area contributed by atoms with Crippen LogP contribution in [0.25, 0.3) is 5.69 Å². The van der Waals surface area contributed by atoms with E-state index < -0.39 is 0 Å². The van der Waals surface area contributed by atoms with Gasteiger partial charge in [-0.2, -0.15) is 0 Å². The number of ether oxygens (including phenoxy) is 1. The molecule has 23 heavy (non-hydrogen) atoms. The van der Waals surface area contributed by atoms with Crippen LogP contribution in [0.5, 0.6) is 5.75 Å². The first-order valence-corrected chi connectivity index (χ1v) is 8.08. The zero-order valence-corrected chi connectivity index (χ0v) is 13.2. The normalized spacial score (nSPS) is 17.3. The van der Waals surface area contributed by atoms with Gasteiger partial charge in [-0.1, -0.05) is 19.1 Å². The number of nitrogens with zero attached hydrogens (tertiary/aromatic N) is 4. The van der Waals surface area contributed by atoms with Gasteiger partial charge >= 0.3 is 0 Å². The molecule has 0 unspecified atom stereocenters. The zero-order chi connectivity index (χ0) is 15.8. The maximum absolute atomic E-state index is 12.8. The lowest BCUT2D eigenvalue weighted by atomic mass is 10.2. The number of likely N-dealkylation sites (N-methyl/N-ethyl adjacent to an activating group) is 1. The monoisotopic (exact) mass is 312 g/mol. The van der Waals surface area contributed by atoms with E-state index in [1.54, 1.807) is 6.33 Å². The summed E-state index contributed by atoms with van der Waals surface area (Å²) in [6.07, 6.45) is 1.73. The van der Waals surface area contributed by atoms with Gasteiger partial charge in [-0.05, 0) is 18.7 Å². The summed E-state index contributed by atoms with van der Waals surface area (Å²) in [6, 6.07) is 7.82. The highest BCUT2D eigenvalue weighted by molar-refractivity contribution is 5.93. The summed E-state index contributed by atoms with van der Waals surface area (Å²) in [5, 5.41) is 0. The van der Waals surface area contributed by atoms with Crippen molar-refractivity contribution in [2.75, 3.05) is 32.7 Å². The van der Waals surface area contributed by atoms with E-state index >= 15 is 0 Å². The molecule has 0 N–H and O–H groups in total. The number of carbonyl (C=O) groups excluding carboxylic acids is 1. The lowest BCUT2D eigenvalue weighted by Gasteiger charge is -2.34. The van der Waals surface area contributed by atoms with Crippen LogP contribution in [0.3, 0.4) is 0 Å². The van der Waals surface area contributed by atoms with Crippen LogP contribution in [0.2, 0.25) is 0 Å². The third-order valence-corrected chi connectivity index (χ3v) is 4.66. The number of carbonyl (C=O) groups is 1. The summed E-state index contributed by atoms with van der Waals surface area (Å²) in [6.45, 7) is 6.94. The van der Waals surface area contributed by atoms with Crippen molar-refractivity contribution >= 4 is 5.91 Å². The second-order valence-electron chi connectivity index (χ2n) is 5.89. The quantitative estimate of drug-likeness (QED) is 0.844. The van der Waals surface area contributed by atoms with E-state index in [0.29, 0.717) is 12.3 Å². The average Bonchev–Trinajstić information content (AvgIpc) is 3.05. The van der Waals surface area contributed by atoms with Gasteiger partial charge in [0.1, 0.15) is 18.7 Å². The number of hydrogen-bond donors (Lipinski definition) is 0. The van der Waals surface area contributed by atoms with Gasteiger partial charge in [0.05, 0.1) is 11.4 Å². The van der Waals surface area contributed by atoms with Crippen LogP contribution in [0.4, 0.5) is 0 Å². The van der Waals surface area contributed by atoms with Crippen molar-refractivity contribution < 1.29 is 9.53 Å². The van der Waals surface area contributed by atoms with Gasteiger partial charge < -0.3 is 14.5 Å². The third kappa shape index (κ3) is 2.39. The number of aromatic nitrogens is 2. The standard InChI is InChI=1S/C17H20N4O2/c1-2-19-7-9-20(10-8-19)17(22)16-14-11-23-15-6-4-3-5-13(15)21(14)12-18-16/h3-6,12H,2,7-11H2,1H3. The lowest BCUT2D eigenvalue weighted by Crippen LogP contribution is -2.48. The predicted molar refractivity (Wildman–Crippen MR) is 85.9 cm³/mol. The number of amides is 1. The molecule has 1 fully saturated rings. The predicted octanol–water partition coefficient (Wildman–Crippen LogP) is 1.54. The van der Waals surface area contributed by atoms with Crippen LogP contribution in [-0.2, 0) is 6.61 Å². The molecule has 0 atom stereocenters. The number of rotatable bonds is 2. The Morgan fingerprint density at radius 1 is 1.22 bits per heavy atom. The minimum atomic E-state index is 0.0116. The first-order chi connectivity index (χ1) is 11.3. The van der Waals surface area contributed by atoms with Gasteiger partial charge in [0.25, 0.3) is 5.91 Å². The van der Waals surface area contributed by atoms with Gasteiger partial charge in [0.2, 0.25) is 0 Å². The number of hydrogen-bond acceptors (Lipinski definition) is 4. The highest BCUT2D eigenvalue weighted by Gasteiger charge is 2.29.